The van der Waals surface area contributed by atoms with Crippen LogP contribution in [-0.2, 0) is 48.9 Å². The zero-order chi connectivity index (χ0) is 31.4. The van der Waals surface area contributed by atoms with Gasteiger partial charge in [-0.1, -0.05) is 0 Å². The van der Waals surface area contributed by atoms with Gasteiger partial charge in [-0.15, -0.1) is 34.0 Å². The number of aliphatic carboxylic acids is 2. The van der Waals surface area contributed by atoms with Crippen molar-refractivity contribution >= 4 is 45.9 Å². The first-order valence-electron chi connectivity index (χ1n) is 12.0. The summed E-state index contributed by atoms with van der Waals surface area (Å²) in [6.07, 6.45) is -9.09. The van der Waals surface area contributed by atoms with E-state index in [1.165, 1.54) is 32.4 Å². The maximum absolute atomic E-state index is 13.7. The molecule has 2 N–H and O–H groups in total. The second-order valence-corrected chi connectivity index (χ2v) is 12.5. The predicted octanol–water partition coefficient (Wildman–Crippen LogP) is 7.30. The SMILES string of the molecule is Cn1cc(-c2cc(CC(=O)O)c(-c3ccc(-c4sc(-c5cc(C(F)(F)F)nn5C)cc4CC(=O)O)s3)s2)c(C(F)(F)F)n1. The number of carboxylic acid groups (broad SMARTS) is 2. The van der Waals surface area contributed by atoms with Crippen LogP contribution in [0, 0.1) is 0 Å². The molecule has 0 aliphatic rings. The molecule has 0 aliphatic heterocycles. The highest BCUT2D eigenvalue weighted by atomic mass is 32.1. The lowest BCUT2D eigenvalue weighted by molar-refractivity contribution is -0.142. The third-order valence-corrected chi connectivity index (χ3v) is 10.00. The molecule has 5 rings (SSSR count). The van der Waals surface area contributed by atoms with E-state index >= 15 is 0 Å². The van der Waals surface area contributed by atoms with Crippen LogP contribution in [0.3, 0.4) is 0 Å². The molecule has 0 saturated carbocycles. The zero-order valence-electron chi connectivity index (χ0n) is 21.9. The van der Waals surface area contributed by atoms with Crippen molar-refractivity contribution < 1.29 is 46.1 Å². The predicted molar refractivity (Wildman–Crippen MR) is 148 cm³/mol. The van der Waals surface area contributed by atoms with Gasteiger partial charge in [0.2, 0.25) is 0 Å². The van der Waals surface area contributed by atoms with Gasteiger partial charge in [0.25, 0.3) is 0 Å². The Kier molecular flexibility index (Phi) is 7.77. The van der Waals surface area contributed by atoms with Crippen molar-refractivity contribution in [2.75, 3.05) is 0 Å². The molecule has 0 aromatic carbocycles. The first-order chi connectivity index (χ1) is 20.0. The molecule has 226 valence electrons. The number of rotatable bonds is 8. The average molecular weight is 661 g/mol. The van der Waals surface area contributed by atoms with Crippen LogP contribution in [0.5, 0.6) is 0 Å². The molecule has 17 heteroatoms. The standard InChI is InChI=1S/C26H18F6N4O4S3/c1-35-10-13(24(34-35)26(30,31)32)17-5-11(7-20(37)38)22(42-17)15-3-4-16(41-15)23-12(8-21(39)40)6-18(43-23)14-9-19(25(27,28)29)33-36(14)2/h3-6,9-10H,7-8H2,1-2H3,(H,37,38)(H,39,40). The molecule has 5 aromatic rings. The molecule has 0 unspecified atom stereocenters. The molecule has 0 spiro atoms. The van der Waals surface area contributed by atoms with E-state index in [0.29, 0.717) is 29.9 Å². The fraction of sp³-hybridized carbons (Fsp3) is 0.231. The first kappa shape index (κ1) is 30.5. The van der Waals surface area contributed by atoms with E-state index in [4.69, 9.17) is 0 Å². The van der Waals surface area contributed by atoms with Gasteiger partial charge < -0.3 is 10.2 Å². The van der Waals surface area contributed by atoms with Crippen LogP contribution < -0.4 is 0 Å². The lowest BCUT2D eigenvalue weighted by Gasteiger charge is -2.04. The molecule has 0 bridgehead atoms. The number of thiophene rings is 3. The molecule has 0 aliphatic carbocycles. The van der Waals surface area contributed by atoms with E-state index < -0.39 is 48.5 Å². The number of aryl methyl sites for hydroxylation is 2. The highest BCUT2D eigenvalue weighted by Crippen LogP contribution is 2.48. The Labute approximate surface area is 250 Å². The van der Waals surface area contributed by atoms with Crippen LogP contribution in [0.2, 0.25) is 0 Å². The molecule has 0 fully saturated rings. The van der Waals surface area contributed by atoms with Gasteiger partial charge in [-0.25, -0.2) is 0 Å². The maximum atomic E-state index is 13.7. The molecule has 5 aromatic heterocycles. The second kappa shape index (κ2) is 10.9. The Morgan fingerprint density at radius 1 is 0.767 bits per heavy atom. The smallest absolute Gasteiger partial charge is 0.435 e. The minimum atomic E-state index is -4.74. The molecule has 43 heavy (non-hydrogen) atoms. The Morgan fingerprint density at radius 3 is 1.79 bits per heavy atom. The molecular weight excluding hydrogens is 642 g/mol. The Balaban J connectivity index is 1.59. The van der Waals surface area contributed by atoms with Crippen molar-refractivity contribution in [2.45, 2.75) is 25.2 Å². The quantitative estimate of drug-likeness (QED) is 0.169. The van der Waals surface area contributed by atoms with Gasteiger partial charge in [0.1, 0.15) is 0 Å². The van der Waals surface area contributed by atoms with Crippen LogP contribution in [0.4, 0.5) is 26.3 Å². The number of halogens is 6. The van der Waals surface area contributed by atoms with E-state index in [-0.39, 0.29) is 21.7 Å². The molecule has 0 radical (unpaired) electrons. The molecule has 0 atom stereocenters. The summed E-state index contributed by atoms with van der Waals surface area (Å²) in [5.41, 5.74) is -1.64. The van der Waals surface area contributed by atoms with Crippen molar-refractivity contribution in [3.63, 3.8) is 0 Å². The average Bonchev–Trinajstić information content (AvgIpc) is 3.66. The van der Waals surface area contributed by atoms with Crippen molar-refractivity contribution in [2.24, 2.45) is 14.1 Å². The van der Waals surface area contributed by atoms with Gasteiger partial charge in [-0.05, 0) is 41.5 Å². The lowest BCUT2D eigenvalue weighted by Crippen LogP contribution is -2.08. The lowest BCUT2D eigenvalue weighted by atomic mass is 10.1. The molecule has 8 nitrogen and oxygen atoms in total. The summed E-state index contributed by atoms with van der Waals surface area (Å²) < 4.78 is 82.8. The van der Waals surface area contributed by atoms with Gasteiger partial charge in [-0.2, -0.15) is 36.5 Å². The van der Waals surface area contributed by atoms with E-state index in [1.54, 1.807) is 12.1 Å². The van der Waals surface area contributed by atoms with E-state index in [2.05, 4.69) is 10.2 Å². The van der Waals surface area contributed by atoms with E-state index in [0.717, 1.165) is 49.4 Å². The second-order valence-electron chi connectivity index (χ2n) is 9.33. The normalized spacial score (nSPS) is 12.3. The monoisotopic (exact) mass is 660 g/mol. The van der Waals surface area contributed by atoms with Crippen molar-refractivity contribution in [1.29, 1.82) is 0 Å². The van der Waals surface area contributed by atoms with Crippen molar-refractivity contribution in [3.8, 4) is 40.5 Å². The number of hydrogen-bond acceptors (Lipinski definition) is 7. The maximum Gasteiger partial charge on any atom is 0.435 e. The topological polar surface area (TPSA) is 110 Å². The van der Waals surface area contributed by atoms with Crippen LogP contribution in [-0.4, -0.2) is 41.7 Å². The van der Waals surface area contributed by atoms with Gasteiger partial charge in [0.15, 0.2) is 11.4 Å². The van der Waals surface area contributed by atoms with Crippen molar-refractivity contribution in [3.05, 3.63) is 59.0 Å². The zero-order valence-corrected chi connectivity index (χ0v) is 24.3. The summed E-state index contributed by atoms with van der Waals surface area (Å²) in [4.78, 5) is 25.7. The van der Waals surface area contributed by atoms with Crippen LogP contribution >= 0.6 is 34.0 Å². The van der Waals surface area contributed by atoms with Gasteiger partial charge in [0.05, 0.1) is 23.4 Å². The first-order valence-corrected chi connectivity index (χ1v) is 14.5. The largest absolute Gasteiger partial charge is 0.481 e. The number of nitrogens with zero attached hydrogens (tertiary/aromatic N) is 4. The summed E-state index contributed by atoms with van der Waals surface area (Å²) in [7, 11) is 2.69. The summed E-state index contributed by atoms with van der Waals surface area (Å²) in [6.45, 7) is 0. The van der Waals surface area contributed by atoms with Gasteiger partial charge >= 0.3 is 24.3 Å². The van der Waals surface area contributed by atoms with Gasteiger partial charge in [0, 0.05) is 50.2 Å². The number of aromatic nitrogens is 4. The van der Waals surface area contributed by atoms with Gasteiger partial charge in [-0.3, -0.25) is 19.0 Å². The fourth-order valence-corrected chi connectivity index (χ4v) is 8.13. The Hall–Kier alpha value is -3.96. The Morgan fingerprint density at radius 2 is 1.30 bits per heavy atom. The van der Waals surface area contributed by atoms with Crippen LogP contribution in [0.25, 0.3) is 40.5 Å². The molecule has 5 heterocycles. The highest BCUT2D eigenvalue weighted by Gasteiger charge is 2.38. The fourth-order valence-electron chi connectivity index (χ4n) is 4.42. The molecule has 0 amide bonds. The van der Waals surface area contributed by atoms with Crippen LogP contribution in [0.15, 0.2) is 36.5 Å². The summed E-state index contributed by atoms with van der Waals surface area (Å²) in [5, 5.41) is 26.0. The Bertz CT molecular complexity index is 1860. The molecular formula is C26H18F6N4O4S3. The number of alkyl halides is 6. The number of hydrogen-bond donors (Lipinski definition) is 2. The van der Waals surface area contributed by atoms with Crippen molar-refractivity contribution in [1.82, 2.24) is 19.6 Å². The summed E-state index contributed by atoms with van der Waals surface area (Å²) >= 11 is 3.20. The molecule has 0 saturated heterocycles. The minimum absolute atomic E-state index is 0.135. The van der Waals surface area contributed by atoms with E-state index in [1.807, 2.05) is 0 Å². The number of carboxylic acids is 2. The highest BCUT2D eigenvalue weighted by molar-refractivity contribution is 7.28. The minimum Gasteiger partial charge on any atom is -0.481 e. The number of carbonyl (C=O) groups is 2. The van der Waals surface area contributed by atoms with Crippen LogP contribution in [0.1, 0.15) is 22.5 Å². The summed E-state index contributed by atoms with van der Waals surface area (Å²) in [5.74, 6) is -2.35. The summed E-state index contributed by atoms with van der Waals surface area (Å²) in [6, 6.07) is 7.05. The van der Waals surface area contributed by atoms with E-state index in [9.17, 15) is 46.1 Å². The third-order valence-electron chi connectivity index (χ3n) is 6.14. The third kappa shape index (κ3) is 6.23.